The summed E-state index contributed by atoms with van der Waals surface area (Å²) in [4.78, 5) is 21.3. The number of anilines is 1. The number of hydrogen-bond donors (Lipinski definition) is 3. The Hall–Kier alpha value is -2.36. The van der Waals surface area contributed by atoms with Crippen molar-refractivity contribution in [3.8, 4) is 0 Å². The molecule has 0 aliphatic rings. The number of aromatic carboxylic acids is 1. The number of halogens is 1. The standard InChI is InChI=1S/C9H9FN2O6S/c1-18-9(15)12-19(16,17)11-7-3-2-5(8(13)14)4-6(7)10/h2-4,11H,1H3,(H,12,15)(H,13,14). The summed E-state index contributed by atoms with van der Waals surface area (Å²) in [6.45, 7) is 0. The highest BCUT2D eigenvalue weighted by molar-refractivity contribution is 7.91. The molecule has 0 saturated carbocycles. The predicted molar refractivity (Wildman–Crippen MR) is 61.4 cm³/mol. The van der Waals surface area contributed by atoms with Gasteiger partial charge in [-0.2, -0.15) is 8.42 Å². The van der Waals surface area contributed by atoms with Crippen LogP contribution in [0.1, 0.15) is 10.4 Å². The van der Waals surface area contributed by atoms with Gasteiger partial charge in [0.25, 0.3) is 0 Å². The minimum Gasteiger partial charge on any atom is -0.478 e. The van der Waals surface area contributed by atoms with Crippen molar-refractivity contribution in [1.29, 1.82) is 0 Å². The molecule has 104 valence electrons. The molecule has 1 rings (SSSR count). The van der Waals surface area contributed by atoms with Gasteiger partial charge in [0.15, 0.2) is 0 Å². The third kappa shape index (κ3) is 4.10. The average molecular weight is 292 g/mol. The molecule has 1 aromatic rings. The molecule has 0 unspecified atom stereocenters. The van der Waals surface area contributed by atoms with Gasteiger partial charge in [0.2, 0.25) is 0 Å². The van der Waals surface area contributed by atoms with Crippen LogP contribution in [0.4, 0.5) is 14.9 Å². The maximum absolute atomic E-state index is 13.4. The van der Waals surface area contributed by atoms with E-state index in [0.29, 0.717) is 6.07 Å². The van der Waals surface area contributed by atoms with Crippen LogP contribution in [0, 0.1) is 5.82 Å². The predicted octanol–water partition coefficient (Wildman–Crippen LogP) is 0.537. The average Bonchev–Trinajstić information content (AvgIpc) is 2.30. The van der Waals surface area contributed by atoms with E-state index in [1.165, 1.54) is 4.72 Å². The van der Waals surface area contributed by atoms with E-state index in [9.17, 15) is 22.4 Å². The number of ether oxygens (including phenoxy) is 1. The maximum atomic E-state index is 13.4. The number of carboxylic acid groups (broad SMARTS) is 1. The first-order chi connectivity index (χ1) is 8.75. The lowest BCUT2D eigenvalue weighted by Crippen LogP contribution is -2.35. The molecule has 19 heavy (non-hydrogen) atoms. The van der Waals surface area contributed by atoms with Gasteiger partial charge in [0.05, 0.1) is 18.4 Å². The van der Waals surface area contributed by atoms with Crippen LogP contribution in [-0.4, -0.2) is 32.7 Å². The zero-order valence-corrected chi connectivity index (χ0v) is 10.3. The minimum absolute atomic E-state index is 0.346. The van der Waals surface area contributed by atoms with Crippen molar-refractivity contribution in [3.63, 3.8) is 0 Å². The van der Waals surface area contributed by atoms with E-state index >= 15 is 0 Å². The van der Waals surface area contributed by atoms with Gasteiger partial charge >= 0.3 is 22.3 Å². The summed E-state index contributed by atoms with van der Waals surface area (Å²) in [6, 6.07) is 2.55. The summed E-state index contributed by atoms with van der Waals surface area (Å²) in [6.07, 6.45) is -1.25. The van der Waals surface area contributed by atoms with E-state index in [4.69, 9.17) is 5.11 Å². The van der Waals surface area contributed by atoms with Crippen LogP contribution < -0.4 is 9.44 Å². The fourth-order valence-electron chi connectivity index (χ4n) is 1.05. The largest absolute Gasteiger partial charge is 0.478 e. The van der Waals surface area contributed by atoms with E-state index in [2.05, 4.69) is 4.74 Å². The second-order valence-corrected chi connectivity index (χ2v) is 4.61. The minimum atomic E-state index is -4.36. The number of benzene rings is 1. The number of carboxylic acids is 1. The second kappa shape index (κ2) is 5.52. The SMILES string of the molecule is COC(=O)NS(=O)(=O)Nc1ccc(C(=O)O)cc1F. The molecule has 0 radical (unpaired) electrons. The van der Waals surface area contributed by atoms with Gasteiger partial charge in [0, 0.05) is 0 Å². The molecule has 0 saturated heterocycles. The lowest BCUT2D eigenvalue weighted by Gasteiger charge is -2.09. The molecule has 10 heteroatoms. The Bertz CT molecular complexity index is 615. The molecule has 0 aliphatic heterocycles. The van der Waals surface area contributed by atoms with Gasteiger partial charge in [-0.3, -0.25) is 4.72 Å². The summed E-state index contributed by atoms with van der Waals surface area (Å²) in [7, 11) is -3.41. The van der Waals surface area contributed by atoms with Gasteiger partial charge < -0.3 is 9.84 Å². The fourth-order valence-corrected chi connectivity index (χ4v) is 1.86. The number of nitrogens with one attached hydrogen (secondary N) is 2. The summed E-state index contributed by atoms with van der Waals surface area (Å²) in [5, 5.41) is 8.60. The molecular formula is C9H9FN2O6S. The lowest BCUT2D eigenvalue weighted by molar-refractivity contribution is 0.0696. The molecule has 1 aromatic carbocycles. The Morgan fingerprint density at radius 3 is 2.47 bits per heavy atom. The van der Waals surface area contributed by atoms with Gasteiger partial charge in [-0.25, -0.2) is 18.7 Å². The molecule has 0 spiro atoms. The summed E-state index contributed by atoms with van der Waals surface area (Å²) in [5.74, 6) is -2.46. The first kappa shape index (κ1) is 14.7. The van der Waals surface area contributed by atoms with Crippen molar-refractivity contribution in [2.45, 2.75) is 0 Å². The Morgan fingerprint density at radius 1 is 1.37 bits per heavy atom. The van der Waals surface area contributed by atoms with Crippen molar-refractivity contribution in [2.24, 2.45) is 0 Å². The van der Waals surface area contributed by atoms with E-state index in [1.54, 1.807) is 4.72 Å². The fraction of sp³-hybridized carbons (Fsp3) is 0.111. The van der Waals surface area contributed by atoms with Gasteiger partial charge in [-0.1, -0.05) is 0 Å². The van der Waals surface area contributed by atoms with E-state index in [0.717, 1.165) is 19.2 Å². The molecule has 0 bridgehead atoms. The van der Waals surface area contributed by atoms with Crippen LogP contribution in [0.25, 0.3) is 0 Å². The quantitative estimate of drug-likeness (QED) is 0.744. The molecule has 0 atom stereocenters. The number of amides is 1. The van der Waals surface area contributed by atoms with Crippen molar-refractivity contribution >= 4 is 28.0 Å². The zero-order chi connectivity index (χ0) is 14.6. The summed E-state index contributed by atoms with van der Waals surface area (Å²) < 4.78 is 43.3. The van der Waals surface area contributed by atoms with Crippen LogP contribution in [-0.2, 0) is 14.9 Å². The van der Waals surface area contributed by atoms with E-state index in [1.807, 2.05) is 0 Å². The molecule has 8 nitrogen and oxygen atoms in total. The van der Waals surface area contributed by atoms with Crippen LogP contribution in [0.15, 0.2) is 18.2 Å². The molecule has 3 N–H and O–H groups in total. The van der Waals surface area contributed by atoms with Crippen molar-refractivity contribution in [1.82, 2.24) is 4.72 Å². The topological polar surface area (TPSA) is 122 Å². The van der Waals surface area contributed by atoms with Gasteiger partial charge in [-0.05, 0) is 18.2 Å². The number of hydrogen-bond acceptors (Lipinski definition) is 5. The number of carbonyl (C=O) groups excluding carboxylic acids is 1. The number of methoxy groups -OCH3 is 1. The second-order valence-electron chi connectivity index (χ2n) is 3.20. The van der Waals surface area contributed by atoms with Crippen molar-refractivity contribution < 1.29 is 32.2 Å². The Balaban J connectivity index is 2.94. The highest BCUT2D eigenvalue weighted by Crippen LogP contribution is 2.16. The van der Waals surface area contributed by atoms with Crippen molar-refractivity contribution in [2.75, 3.05) is 11.8 Å². The lowest BCUT2D eigenvalue weighted by atomic mass is 10.2. The Labute approximate surface area is 107 Å². The molecule has 0 aromatic heterocycles. The number of carbonyl (C=O) groups is 2. The van der Waals surface area contributed by atoms with Crippen LogP contribution >= 0.6 is 0 Å². The highest BCUT2D eigenvalue weighted by Gasteiger charge is 2.17. The molecule has 0 fully saturated rings. The highest BCUT2D eigenvalue weighted by atomic mass is 32.2. The molecule has 0 heterocycles. The van der Waals surface area contributed by atoms with Gasteiger partial charge in [0.1, 0.15) is 5.82 Å². The zero-order valence-electron chi connectivity index (χ0n) is 9.51. The third-order valence-corrected chi connectivity index (χ3v) is 2.79. The monoisotopic (exact) mass is 292 g/mol. The first-order valence-electron chi connectivity index (χ1n) is 4.66. The Morgan fingerprint density at radius 2 is 2.00 bits per heavy atom. The third-order valence-electron chi connectivity index (χ3n) is 1.86. The maximum Gasteiger partial charge on any atom is 0.422 e. The summed E-state index contributed by atoms with van der Waals surface area (Å²) in [5.41, 5.74) is -0.859. The molecule has 0 aliphatic carbocycles. The van der Waals surface area contributed by atoms with Gasteiger partial charge in [-0.15, -0.1) is 0 Å². The van der Waals surface area contributed by atoms with E-state index < -0.39 is 33.8 Å². The van der Waals surface area contributed by atoms with Crippen LogP contribution in [0.3, 0.4) is 0 Å². The molecular weight excluding hydrogens is 283 g/mol. The summed E-state index contributed by atoms with van der Waals surface area (Å²) >= 11 is 0. The molecule has 1 amide bonds. The number of rotatable bonds is 4. The Kier molecular flexibility index (Phi) is 4.27. The first-order valence-corrected chi connectivity index (χ1v) is 6.15. The normalized spacial score (nSPS) is 10.6. The van der Waals surface area contributed by atoms with E-state index in [-0.39, 0.29) is 5.56 Å². The van der Waals surface area contributed by atoms with Crippen LogP contribution in [0.5, 0.6) is 0 Å². The smallest absolute Gasteiger partial charge is 0.422 e. The van der Waals surface area contributed by atoms with Crippen molar-refractivity contribution in [3.05, 3.63) is 29.6 Å². The van der Waals surface area contributed by atoms with Crippen LogP contribution in [0.2, 0.25) is 0 Å².